The fourth-order valence-electron chi connectivity index (χ4n) is 2.07. The van der Waals surface area contributed by atoms with Gasteiger partial charge in [0.1, 0.15) is 0 Å². The summed E-state index contributed by atoms with van der Waals surface area (Å²) in [5.74, 6) is -0.910. The summed E-state index contributed by atoms with van der Waals surface area (Å²) in [6.07, 6.45) is 0.721. The van der Waals surface area contributed by atoms with Crippen molar-refractivity contribution >= 4 is 5.91 Å². The van der Waals surface area contributed by atoms with Crippen molar-refractivity contribution in [1.29, 1.82) is 0 Å². The molecule has 0 unspecified atom stereocenters. The molecule has 2 rings (SSSR count). The van der Waals surface area contributed by atoms with Gasteiger partial charge in [0.2, 0.25) is 0 Å². The van der Waals surface area contributed by atoms with Crippen molar-refractivity contribution in [2.45, 2.75) is 18.9 Å². The van der Waals surface area contributed by atoms with Crippen molar-refractivity contribution in [1.82, 2.24) is 4.90 Å². The van der Waals surface area contributed by atoms with Crippen LogP contribution in [0.2, 0.25) is 0 Å². The van der Waals surface area contributed by atoms with Gasteiger partial charge >= 0.3 is 0 Å². The number of carbonyl (C=O) groups excluding carboxylic acids is 1. The molecule has 0 spiro atoms. The highest BCUT2D eigenvalue weighted by molar-refractivity contribution is 5.95. The van der Waals surface area contributed by atoms with Crippen LogP contribution in [0.15, 0.2) is 18.2 Å². The summed E-state index contributed by atoms with van der Waals surface area (Å²) in [6.45, 7) is 0.910. The van der Waals surface area contributed by atoms with Crippen LogP contribution in [-0.4, -0.2) is 42.2 Å². The van der Waals surface area contributed by atoms with Gasteiger partial charge in [-0.15, -0.1) is 0 Å². The van der Waals surface area contributed by atoms with Gasteiger partial charge in [-0.2, -0.15) is 0 Å². The lowest BCUT2D eigenvalue weighted by Gasteiger charge is -2.29. The van der Waals surface area contributed by atoms with Crippen LogP contribution in [0.4, 0.5) is 4.39 Å². The molecule has 1 fully saturated rings. The van der Waals surface area contributed by atoms with E-state index in [2.05, 4.69) is 0 Å². The standard InChI is InChI=1S/C13H16FNO3/c1-18-11-4-2-3-10(12(11)14)13(17)15-7-5-9(16)6-8-15/h2-4,9,16H,5-8H2,1H3. The molecule has 1 aliphatic heterocycles. The van der Waals surface area contributed by atoms with Gasteiger partial charge in [0, 0.05) is 13.1 Å². The number of nitrogens with zero attached hydrogens (tertiary/aromatic N) is 1. The van der Waals surface area contributed by atoms with Gasteiger partial charge in [-0.3, -0.25) is 4.79 Å². The average molecular weight is 253 g/mol. The number of rotatable bonds is 2. The smallest absolute Gasteiger partial charge is 0.256 e. The molecule has 18 heavy (non-hydrogen) atoms. The lowest BCUT2D eigenvalue weighted by atomic mass is 10.1. The van der Waals surface area contributed by atoms with E-state index in [1.165, 1.54) is 19.2 Å². The first kappa shape index (κ1) is 12.8. The zero-order valence-electron chi connectivity index (χ0n) is 10.2. The molecule has 1 saturated heterocycles. The van der Waals surface area contributed by atoms with Crippen LogP contribution in [-0.2, 0) is 0 Å². The number of aliphatic hydroxyl groups excluding tert-OH is 1. The summed E-state index contributed by atoms with van der Waals surface area (Å²) in [6, 6.07) is 4.52. The lowest BCUT2D eigenvalue weighted by Crippen LogP contribution is -2.40. The van der Waals surface area contributed by atoms with E-state index in [0.29, 0.717) is 25.9 Å². The van der Waals surface area contributed by atoms with E-state index in [0.717, 1.165) is 0 Å². The van der Waals surface area contributed by atoms with Crippen LogP contribution in [0.1, 0.15) is 23.2 Å². The highest BCUT2D eigenvalue weighted by atomic mass is 19.1. The number of benzene rings is 1. The molecule has 0 aliphatic carbocycles. The Labute approximate surface area is 105 Å². The molecule has 0 atom stereocenters. The minimum absolute atomic E-state index is 0.0192. The molecule has 1 aromatic rings. The number of halogens is 1. The molecule has 5 heteroatoms. The largest absolute Gasteiger partial charge is 0.494 e. The summed E-state index contributed by atoms with van der Waals surface area (Å²) >= 11 is 0. The predicted molar refractivity (Wildman–Crippen MR) is 64.1 cm³/mol. The fourth-order valence-corrected chi connectivity index (χ4v) is 2.07. The summed E-state index contributed by atoms with van der Waals surface area (Å²) in [5, 5.41) is 9.38. The molecule has 4 nitrogen and oxygen atoms in total. The Morgan fingerprint density at radius 1 is 1.44 bits per heavy atom. The summed E-state index contributed by atoms with van der Waals surface area (Å²) in [4.78, 5) is 13.7. The van der Waals surface area contributed by atoms with E-state index >= 15 is 0 Å². The zero-order valence-corrected chi connectivity index (χ0v) is 10.2. The van der Waals surface area contributed by atoms with Crippen LogP contribution < -0.4 is 4.74 Å². The average Bonchev–Trinajstić information content (AvgIpc) is 2.39. The minimum Gasteiger partial charge on any atom is -0.494 e. The highest BCUT2D eigenvalue weighted by Crippen LogP contribution is 2.22. The van der Waals surface area contributed by atoms with E-state index < -0.39 is 5.82 Å². The van der Waals surface area contributed by atoms with Crippen molar-refractivity contribution in [2.24, 2.45) is 0 Å². The number of amides is 1. The van der Waals surface area contributed by atoms with E-state index in [9.17, 15) is 14.3 Å². The number of hydrogen-bond acceptors (Lipinski definition) is 3. The maximum Gasteiger partial charge on any atom is 0.256 e. The quantitative estimate of drug-likeness (QED) is 0.867. The second-order valence-electron chi connectivity index (χ2n) is 4.35. The minimum atomic E-state index is -0.629. The molecule has 1 amide bonds. The van der Waals surface area contributed by atoms with Crippen molar-refractivity contribution in [3.05, 3.63) is 29.6 Å². The molecule has 1 aromatic carbocycles. The molecule has 0 aromatic heterocycles. The third-order valence-corrected chi connectivity index (χ3v) is 3.17. The molecule has 1 N–H and O–H groups in total. The number of ether oxygens (including phenoxy) is 1. The number of hydrogen-bond donors (Lipinski definition) is 1. The first-order valence-corrected chi connectivity index (χ1v) is 5.93. The second-order valence-corrected chi connectivity index (χ2v) is 4.35. The van der Waals surface area contributed by atoms with Crippen LogP contribution >= 0.6 is 0 Å². The Morgan fingerprint density at radius 2 is 2.11 bits per heavy atom. The molecule has 1 heterocycles. The lowest BCUT2D eigenvalue weighted by molar-refractivity contribution is 0.0542. The first-order valence-electron chi connectivity index (χ1n) is 5.93. The Balaban J connectivity index is 2.18. The zero-order chi connectivity index (χ0) is 13.1. The van der Waals surface area contributed by atoms with Crippen molar-refractivity contribution in [3.63, 3.8) is 0 Å². The van der Waals surface area contributed by atoms with Gasteiger partial charge in [0.15, 0.2) is 11.6 Å². The number of methoxy groups -OCH3 is 1. The molecule has 0 radical (unpaired) electrons. The number of carbonyl (C=O) groups is 1. The normalized spacial score (nSPS) is 16.7. The number of aliphatic hydroxyl groups is 1. The number of likely N-dealkylation sites (tertiary alicyclic amines) is 1. The van der Waals surface area contributed by atoms with Gasteiger partial charge in [0.25, 0.3) is 5.91 Å². The van der Waals surface area contributed by atoms with Gasteiger partial charge in [0.05, 0.1) is 18.8 Å². The van der Waals surface area contributed by atoms with Crippen molar-refractivity contribution in [2.75, 3.05) is 20.2 Å². The molecule has 0 bridgehead atoms. The molecular weight excluding hydrogens is 237 g/mol. The van der Waals surface area contributed by atoms with E-state index in [4.69, 9.17) is 4.74 Å². The van der Waals surface area contributed by atoms with Crippen molar-refractivity contribution < 1.29 is 19.0 Å². The van der Waals surface area contributed by atoms with E-state index in [-0.39, 0.29) is 23.3 Å². The van der Waals surface area contributed by atoms with Crippen LogP contribution in [0.5, 0.6) is 5.75 Å². The Bertz CT molecular complexity index is 442. The topological polar surface area (TPSA) is 49.8 Å². The maximum atomic E-state index is 13.9. The Kier molecular flexibility index (Phi) is 3.81. The second kappa shape index (κ2) is 5.35. The first-order chi connectivity index (χ1) is 8.63. The van der Waals surface area contributed by atoms with Crippen LogP contribution in [0.25, 0.3) is 0 Å². The monoisotopic (exact) mass is 253 g/mol. The summed E-state index contributed by atoms with van der Waals surface area (Å²) in [7, 11) is 1.37. The maximum absolute atomic E-state index is 13.9. The van der Waals surface area contributed by atoms with Gasteiger partial charge in [-0.05, 0) is 25.0 Å². The van der Waals surface area contributed by atoms with Crippen LogP contribution in [0, 0.1) is 5.82 Å². The Morgan fingerprint density at radius 3 is 2.72 bits per heavy atom. The third-order valence-electron chi connectivity index (χ3n) is 3.17. The van der Waals surface area contributed by atoms with Gasteiger partial charge < -0.3 is 14.7 Å². The SMILES string of the molecule is COc1cccc(C(=O)N2CCC(O)CC2)c1F. The predicted octanol–water partition coefficient (Wildman–Crippen LogP) is 1.43. The van der Waals surface area contributed by atoms with E-state index in [1.807, 2.05) is 0 Å². The van der Waals surface area contributed by atoms with Crippen LogP contribution in [0.3, 0.4) is 0 Å². The fraction of sp³-hybridized carbons (Fsp3) is 0.462. The summed E-state index contributed by atoms with van der Waals surface area (Å²) < 4.78 is 18.8. The Hall–Kier alpha value is -1.62. The summed E-state index contributed by atoms with van der Waals surface area (Å²) in [5.41, 5.74) is 0.0192. The van der Waals surface area contributed by atoms with Crippen molar-refractivity contribution in [3.8, 4) is 5.75 Å². The molecular formula is C13H16FNO3. The molecule has 0 saturated carbocycles. The third kappa shape index (κ3) is 2.46. The van der Waals surface area contributed by atoms with E-state index in [1.54, 1.807) is 11.0 Å². The highest BCUT2D eigenvalue weighted by Gasteiger charge is 2.25. The molecule has 1 aliphatic rings. The number of piperidine rings is 1. The van der Waals surface area contributed by atoms with Gasteiger partial charge in [-0.1, -0.05) is 6.07 Å². The van der Waals surface area contributed by atoms with Gasteiger partial charge in [-0.25, -0.2) is 4.39 Å². The molecule has 98 valence electrons.